The van der Waals surface area contributed by atoms with Crippen molar-refractivity contribution in [3.63, 3.8) is 0 Å². The van der Waals surface area contributed by atoms with E-state index in [-0.39, 0.29) is 68.2 Å². The average Bonchev–Trinajstić information content (AvgIpc) is 4.39. The fraction of sp³-hybridized carbons (Fsp3) is 0.444. The normalized spacial score (nSPS) is 13.5. The van der Waals surface area contributed by atoms with Gasteiger partial charge in [-0.15, -0.1) is 24.0 Å². The number of imidazole rings is 4. The Kier molecular flexibility index (Phi) is 26.5. The molecule has 0 spiro atoms. The molecule has 82 heavy (non-hydrogen) atoms. The van der Waals surface area contributed by atoms with Crippen molar-refractivity contribution in [1.29, 1.82) is 0 Å². The fourth-order valence-electron chi connectivity index (χ4n) is 8.66. The zero-order valence-electron chi connectivity index (χ0n) is 48.1. The second kappa shape index (κ2) is 32.6. The van der Waals surface area contributed by atoms with Gasteiger partial charge < -0.3 is 44.8 Å². The minimum Gasteiger partial charge on any atom is -1.00 e. The third kappa shape index (κ3) is 17.9. The van der Waals surface area contributed by atoms with Crippen molar-refractivity contribution in [3.05, 3.63) is 148 Å². The zero-order chi connectivity index (χ0) is 55.8. The predicted octanol–water partition coefficient (Wildman–Crippen LogP) is 2.44. The van der Waals surface area contributed by atoms with E-state index in [0.717, 1.165) is 166 Å². The molecule has 0 aliphatic carbocycles. The molecule has 4 aliphatic rings. The van der Waals surface area contributed by atoms with Gasteiger partial charge in [0.2, 0.25) is 23.1 Å². The van der Waals surface area contributed by atoms with Crippen molar-refractivity contribution >= 4 is 82.4 Å². The molecule has 432 valence electrons. The first-order valence-corrected chi connectivity index (χ1v) is 27.5. The van der Waals surface area contributed by atoms with Crippen molar-refractivity contribution in [2.45, 2.75) is 132 Å². The van der Waals surface area contributed by atoms with Crippen molar-refractivity contribution < 1.29 is 35.0 Å². The Labute approximate surface area is 518 Å². The number of aryl methyl sites for hydroxylation is 4. The van der Waals surface area contributed by atoms with Gasteiger partial charge in [-0.25, -0.2) is 59.8 Å². The number of nitrogens with one attached hydrogen (secondary N) is 1. The first-order valence-electron chi connectivity index (χ1n) is 26.6. The van der Waals surface area contributed by atoms with Gasteiger partial charge in [0.15, 0.2) is 28.9 Å². The summed E-state index contributed by atoms with van der Waals surface area (Å²) in [6.45, 7) is 21.2. The second-order valence-corrected chi connectivity index (χ2v) is 19.6. The van der Waals surface area contributed by atoms with Crippen LogP contribution in [0.15, 0.2) is 74.4 Å². The van der Waals surface area contributed by atoms with Gasteiger partial charge in [0, 0.05) is 141 Å². The van der Waals surface area contributed by atoms with Gasteiger partial charge in [-0.05, 0) is 59.5 Å². The van der Waals surface area contributed by atoms with Gasteiger partial charge >= 0.3 is 18.9 Å². The number of aliphatic hydroxyl groups is 1. The number of aliphatic hydroxyl groups excluding tert-OH is 1. The minimum absolute atomic E-state index is 0. The molecule has 0 atom stereocenters. The molecular weight excluding hydrogens is 1120 g/mol. The van der Waals surface area contributed by atoms with E-state index in [9.17, 15) is 9.59 Å². The number of nitrogens with zero attached hydrogens (tertiary/aromatic N) is 19. The van der Waals surface area contributed by atoms with Gasteiger partial charge in [-0.2, -0.15) is 0 Å². The molecule has 0 radical (unpaired) electrons. The van der Waals surface area contributed by atoms with E-state index in [4.69, 9.17) is 28.3 Å². The Morgan fingerprint density at radius 1 is 0.524 bits per heavy atom. The quantitative estimate of drug-likeness (QED) is 0.0817. The maximum atomic E-state index is 11.4. The number of fused-ring (bicyclic) bond motifs is 4. The molecule has 0 saturated heterocycles. The first-order chi connectivity index (χ1) is 38.4. The minimum atomic E-state index is -0.0122. The molecule has 12 heterocycles. The molecule has 0 saturated carbocycles. The SMILES string of the molecule is CC(=O)c1cn2c(n1)CNCC2.CCc1cnc(Cl)nc1.CCc1cnc(N2CCn3cc(C(C)=O)nc3C2)nc1.CCc1cnc(N2CCn3cc(CCl)nc3C2)nc1.CCc1cnc(N2CCn3cc(CO)nc3C2)nc1.Cl.[AlH3].[H-].[Li+]. The third-order valence-corrected chi connectivity index (χ3v) is 13.9. The van der Waals surface area contributed by atoms with E-state index < -0.39 is 0 Å². The summed E-state index contributed by atoms with van der Waals surface area (Å²) >= 11 is 11.3. The Morgan fingerprint density at radius 2 is 0.866 bits per heavy atom. The number of carbonyl (C=O) groups excluding carboxylic acids is 2. The van der Waals surface area contributed by atoms with E-state index in [2.05, 4.69) is 110 Å². The summed E-state index contributed by atoms with van der Waals surface area (Å²) in [5.74, 6) is 6.59. The summed E-state index contributed by atoms with van der Waals surface area (Å²) in [5, 5.41) is 12.6. The molecule has 8 aromatic rings. The molecule has 2 N–H and O–H groups in total. The van der Waals surface area contributed by atoms with Crippen LogP contribution >= 0.6 is 35.6 Å². The van der Waals surface area contributed by atoms with Crippen LogP contribution in [-0.4, -0.2) is 138 Å². The van der Waals surface area contributed by atoms with Crippen LogP contribution in [0.2, 0.25) is 5.28 Å². The van der Waals surface area contributed by atoms with Crippen molar-refractivity contribution in [2.75, 3.05) is 40.9 Å². The van der Waals surface area contributed by atoms with Crippen LogP contribution in [0.3, 0.4) is 0 Å². The number of hydrogen-bond acceptors (Lipinski definition) is 19. The van der Waals surface area contributed by atoms with Gasteiger partial charge in [-0.1, -0.05) is 27.7 Å². The van der Waals surface area contributed by atoms with Crippen LogP contribution in [0.4, 0.5) is 17.8 Å². The number of alkyl halides is 1. The average molecular weight is 1190 g/mol. The van der Waals surface area contributed by atoms with E-state index in [1.54, 1.807) is 26.2 Å². The topological polar surface area (TPSA) is 251 Å². The van der Waals surface area contributed by atoms with Gasteiger partial charge in [0.25, 0.3) is 0 Å². The zero-order valence-corrected chi connectivity index (χ0v) is 49.4. The molecule has 28 heteroatoms. The predicted molar refractivity (Wildman–Crippen MR) is 318 cm³/mol. The summed E-state index contributed by atoms with van der Waals surface area (Å²) in [6.07, 6.45) is 26.1. The number of aromatic nitrogens is 16. The molecule has 23 nitrogen and oxygen atoms in total. The van der Waals surface area contributed by atoms with Gasteiger partial charge in [0.05, 0.1) is 50.1 Å². The van der Waals surface area contributed by atoms with Crippen LogP contribution in [0.25, 0.3) is 0 Å². The third-order valence-electron chi connectivity index (χ3n) is 13.4. The number of anilines is 3. The Bertz CT molecular complexity index is 3130. The summed E-state index contributed by atoms with van der Waals surface area (Å²) in [5.41, 5.74) is 7.31. The van der Waals surface area contributed by atoms with Crippen LogP contribution in [0, 0.1) is 0 Å². The Morgan fingerprint density at radius 3 is 1.23 bits per heavy atom. The van der Waals surface area contributed by atoms with Crippen LogP contribution in [-0.2, 0) is 90.5 Å². The molecule has 0 fully saturated rings. The molecule has 0 aromatic carbocycles. The number of rotatable bonds is 11. The standard InChI is InChI=1S/C14H17N5O.C13H16ClN5.C13H17N5O.C8H11N3O.C6H7ClN2.Al.ClH.Li.4H/c1-3-11-6-15-14(16-7-11)19-5-4-18-8-12(10(2)20)17-13(18)9-19;1-2-10-6-15-13(16-7-10)19-4-3-18-8-11(5-14)17-12(18)9-19;1-2-10-5-14-13(15-6-10)18-4-3-17-7-11(9-19)16-12(17)8-18;1-6(12)7-5-11-3-2-9-4-8(11)10-7;1-2-5-3-8-6(7)9-4-5;;;;;;;/h6-8H,3-5,9H2,1-2H3;6-8H,2-5,9H2,1H3;5-7,19H,2-4,8-9H2,1H3;5,9H,2-4H2,1H3;3-4H,2H2,1H3;;1H;;;;;/q;;;;;;;+1;;;;-1. The van der Waals surface area contributed by atoms with Gasteiger partial charge in [-0.3, -0.25) is 9.59 Å². The molecule has 0 bridgehead atoms. The maximum absolute atomic E-state index is 11.4. The largest absolute Gasteiger partial charge is 1.00 e. The monoisotopic (exact) mass is 1190 g/mol. The summed E-state index contributed by atoms with van der Waals surface area (Å²) in [7, 11) is 0. The number of ketones is 2. The van der Waals surface area contributed by atoms with Crippen LogP contribution in [0.5, 0.6) is 0 Å². The smallest absolute Gasteiger partial charge is 1.00 e. The Balaban J connectivity index is 0.000000225. The van der Waals surface area contributed by atoms with Crippen LogP contribution in [0.1, 0.15) is 121 Å². The first kappa shape index (κ1) is 66.6. The number of carbonyl (C=O) groups is 2. The second-order valence-electron chi connectivity index (χ2n) is 18.9. The van der Waals surface area contributed by atoms with Crippen molar-refractivity contribution in [2.24, 2.45) is 0 Å². The molecule has 8 aromatic heterocycles. The molecule has 0 amide bonds. The maximum Gasteiger partial charge on any atom is 1.00 e. The molecule has 12 rings (SSSR count). The van der Waals surface area contributed by atoms with Crippen molar-refractivity contribution in [3.8, 4) is 0 Å². The summed E-state index contributed by atoms with van der Waals surface area (Å²) in [6, 6.07) is 0. The number of halogens is 3. The molecule has 0 unspecified atom stereocenters. The van der Waals surface area contributed by atoms with Crippen LogP contribution < -0.4 is 38.9 Å². The fourth-order valence-corrected chi connectivity index (χ4v) is 8.88. The molecule has 4 aliphatic heterocycles. The number of Topliss-reactive ketones (excluding diaryl/α,β-unsaturated/α-hetero) is 2. The van der Waals surface area contributed by atoms with Crippen molar-refractivity contribution in [1.82, 2.24) is 83.4 Å². The van der Waals surface area contributed by atoms with E-state index >= 15 is 0 Å². The molecular formula is C54H73AlCl3LiN20O3. The Hall–Kier alpha value is -6.18. The van der Waals surface area contributed by atoms with E-state index in [0.29, 0.717) is 35.6 Å². The van der Waals surface area contributed by atoms with E-state index in [1.165, 1.54) is 0 Å². The number of hydrogen-bond donors (Lipinski definition) is 2. The van der Waals surface area contributed by atoms with Gasteiger partial charge in [0.1, 0.15) is 34.7 Å². The summed E-state index contributed by atoms with van der Waals surface area (Å²) < 4.78 is 8.32. The summed E-state index contributed by atoms with van der Waals surface area (Å²) in [4.78, 5) is 80.2. The van der Waals surface area contributed by atoms with E-state index in [1.807, 2.05) is 78.0 Å².